The first kappa shape index (κ1) is 18.2. The minimum Gasteiger partial charge on any atom is -0.421 e. The molecule has 8 heteroatoms. The highest BCUT2D eigenvalue weighted by atomic mass is 32.2. The molecule has 1 aromatic heterocycles. The van der Waals surface area contributed by atoms with Crippen LogP contribution in [0.2, 0.25) is 0 Å². The first-order valence-corrected chi connectivity index (χ1v) is 9.49. The van der Waals surface area contributed by atoms with Gasteiger partial charge in [-0.05, 0) is 61.4 Å². The van der Waals surface area contributed by atoms with Crippen molar-refractivity contribution in [3.63, 3.8) is 0 Å². The summed E-state index contributed by atoms with van der Waals surface area (Å²) in [5, 5.41) is 7.78. The van der Waals surface area contributed by atoms with E-state index in [0.717, 1.165) is 11.1 Å². The summed E-state index contributed by atoms with van der Waals surface area (Å²) in [5.74, 6) is 0.207. The molecule has 0 aliphatic heterocycles. The molecule has 0 aliphatic rings. The quantitative estimate of drug-likeness (QED) is 0.716. The van der Waals surface area contributed by atoms with Crippen LogP contribution in [0, 0.1) is 19.7 Å². The van der Waals surface area contributed by atoms with E-state index < -0.39 is 10.0 Å². The van der Waals surface area contributed by atoms with Gasteiger partial charge in [-0.3, -0.25) is 0 Å². The molecule has 3 rings (SSSR count). The minimum atomic E-state index is -3.60. The summed E-state index contributed by atoms with van der Waals surface area (Å²) in [6.07, 6.45) is 0.248. The number of nitrogens with one attached hydrogen (secondary N) is 1. The van der Waals surface area contributed by atoms with Crippen molar-refractivity contribution >= 4 is 10.0 Å². The van der Waals surface area contributed by atoms with Crippen LogP contribution in [0.3, 0.4) is 0 Å². The van der Waals surface area contributed by atoms with E-state index in [1.165, 1.54) is 24.3 Å². The number of sulfonamides is 1. The summed E-state index contributed by atoms with van der Waals surface area (Å²) < 4.78 is 45.6. The van der Waals surface area contributed by atoms with Crippen LogP contribution in [0.15, 0.2) is 51.8 Å². The van der Waals surface area contributed by atoms with E-state index in [-0.39, 0.29) is 29.6 Å². The maximum atomic E-state index is 12.9. The molecule has 0 radical (unpaired) electrons. The third kappa shape index (κ3) is 4.14. The topological polar surface area (TPSA) is 85.1 Å². The molecule has 1 N–H and O–H groups in total. The molecule has 0 amide bonds. The second kappa shape index (κ2) is 7.35. The van der Waals surface area contributed by atoms with E-state index in [4.69, 9.17) is 4.42 Å². The Kier molecular flexibility index (Phi) is 5.15. The molecule has 0 spiro atoms. The van der Waals surface area contributed by atoms with Gasteiger partial charge in [0.25, 0.3) is 0 Å². The lowest BCUT2D eigenvalue weighted by molar-refractivity contribution is 0.502. The van der Waals surface area contributed by atoms with E-state index in [1.54, 1.807) is 18.2 Å². The molecular formula is C18H18FN3O3S. The molecule has 26 heavy (non-hydrogen) atoms. The predicted octanol–water partition coefficient (Wildman–Crippen LogP) is 3.01. The first-order valence-electron chi connectivity index (χ1n) is 8.00. The first-order chi connectivity index (χ1) is 12.3. The Balaban J connectivity index is 1.62. The summed E-state index contributed by atoms with van der Waals surface area (Å²) >= 11 is 0. The smallest absolute Gasteiger partial charge is 0.247 e. The van der Waals surface area contributed by atoms with Crippen LogP contribution in [-0.4, -0.2) is 25.2 Å². The Bertz CT molecular complexity index is 1010. The monoisotopic (exact) mass is 375 g/mol. The summed E-state index contributed by atoms with van der Waals surface area (Å²) in [6, 6.07) is 10.7. The lowest BCUT2D eigenvalue weighted by atomic mass is 10.1. The van der Waals surface area contributed by atoms with Crippen LogP contribution < -0.4 is 4.72 Å². The Morgan fingerprint density at radius 3 is 2.46 bits per heavy atom. The number of hydrogen-bond donors (Lipinski definition) is 1. The zero-order valence-electron chi connectivity index (χ0n) is 14.4. The van der Waals surface area contributed by atoms with Crippen molar-refractivity contribution in [1.82, 2.24) is 14.9 Å². The zero-order valence-corrected chi connectivity index (χ0v) is 15.2. The van der Waals surface area contributed by atoms with Gasteiger partial charge >= 0.3 is 0 Å². The highest BCUT2D eigenvalue weighted by molar-refractivity contribution is 7.89. The molecule has 0 atom stereocenters. The van der Waals surface area contributed by atoms with Gasteiger partial charge in [-0.2, -0.15) is 0 Å². The van der Waals surface area contributed by atoms with Gasteiger partial charge in [-0.15, -0.1) is 10.2 Å². The third-order valence-electron chi connectivity index (χ3n) is 3.98. The number of halogens is 1. The molecule has 0 aliphatic carbocycles. The maximum absolute atomic E-state index is 12.9. The van der Waals surface area contributed by atoms with Crippen LogP contribution >= 0.6 is 0 Å². The van der Waals surface area contributed by atoms with Gasteiger partial charge < -0.3 is 4.42 Å². The molecular weight excluding hydrogens is 357 g/mol. The average molecular weight is 375 g/mol. The minimum absolute atomic E-state index is 0.125. The van der Waals surface area contributed by atoms with Gasteiger partial charge in [0.2, 0.25) is 21.8 Å². The van der Waals surface area contributed by atoms with Gasteiger partial charge in [-0.25, -0.2) is 17.5 Å². The predicted molar refractivity (Wildman–Crippen MR) is 94.5 cm³/mol. The summed E-state index contributed by atoms with van der Waals surface area (Å²) in [5.41, 5.74) is 2.54. The van der Waals surface area contributed by atoms with Crippen molar-refractivity contribution in [2.24, 2.45) is 0 Å². The second-order valence-electron chi connectivity index (χ2n) is 5.90. The van der Waals surface area contributed by atoms with E-state index in [2.05, 4.69) is 14.9 Å². The van der Waals surface area contributed by atoms with Gasteiger partial charge in [0.15, 0.2) is 0 Å². The van der Waals surface area contributed by atoms with Crippen LogP contribution in [0.5, 0.6) is 0 Å². The van der Waals surface area contributed by atoms with Gasteiger partial charge in [0.05, 0.1) is 4.90 Å². The van der Waals surface area contributed by atoms with Crippen molar-refractivity contribution < 1.29 is 17.2 Å². The molecule has 6 nitrogen and oxygen atoms in total. The molecule has 0 fully saturated rings. The van der Waals surface area contributed by atoms with Crippen molar-refractivity contribution in [3.8, 4) is 11.5 Å². The molecule has 0 saturated carbocycles. The fourth-order valence-corrected chi connectivity index (χ4v) is 3.44. The van der Waals surface area contributed by atoms with E-state index in [1.807, 2.05) is 13.8 Å². The molecule has 2 aromatic carbocycles. The highest BCUT2D eigenvalue weighted by Crippen LogP contribution is 2.18. The third-order valence-corrected chi connectivity index (χ3v) is 5.44. The molecule has 0 unspecified atom stereocenters. The Morgan fingerprint density at radius 2 is 1.77 bits per heavy atom. The fraction of sp³-hybridized carbons (Fsp3) is 0.222. The molecule has 1 heterocycles. The average Bonchev–Trinajstić information content (AvgIpc) is 3.06. The second-order valence-corrected chi connectivity index (χ2v) is 7.67. The van der Waals surface area contributed by atoms with Gasteiger partial charge in [0.1, 0.15) is 5.82 Å². The van der Waals surface area contributed by atoms with Crippen LogP contribution in [0.4, 0.5) is 4.39 Å². The summed E-state index contributed by atoms with van der Waals surface area (Å²) in [4.78, 5) is 0.220. The molecule has 3 aromatic rings. The number of nitrogens with zero attached hydrogens (tertiary/aromatic N) is 2. The normalized spacial score (nSPS) is 11.7. The largest absolute Gasteiger partial charge is 0.421 e. The van der Waals surface area contributed by atoms with Crippen LogP contribution in [0.1, 0.15) is 17.0 Å². The van der Waals surface area contributed by atoms with E-state index in [0.29, 0.717) is 11.5 Å². The van der Waals surface area contributed by atoms with E-state index >= 15 is 0 Å². The number of rotatable bonds is 6. The number of aromatic nitrogens is 2. The van der Waals surface area contributed by atoms with Crippen molar-refractivity contribution in [2.45, 2.75) is 25.2 Å². The number of hydrogen-bond acceptors (Lipinski definition) is 5. The molecule has 0 bridgehead atoms. The summed E-state index contributed by atoms with van der Waals surface area (Å²) in [7, 11) is -3.60. The van der Waals surface area contributed by atoms with Crippen molar-refractivity contribution in [3.05, 3.63) is 65.3 Å². The molecule has 136 valence electrons. The summed E-state index contributed by atoms with van der Waals surface area (Å²) in [6.45, 7) is 3.91. The van der Waals surface area contributed by atoms with E-state index in [9.17, 15) is 12.8 Å². The maximum Gasteiger partial charge on any atom is 0.247 e. The lowest BCUT2D eigenvalue weighted by Crippen LogP contribution is -2.26. The molecule has 0 saturated heterocycles. The fourth-order valence-electron chi connectivity index (χ4n) is 2.32. The zero-order chi connectivity index (χ0) is 18.7. The Labute approximate surface area is 151 Å². The van der Waals surface area contributed by atoms with Crippen LogP contribution in [0.25, 0.3) is 11.5 Å². The highest BCUT2D eigenvalue weighted by Gasteiger charge is 2.15. The SMILES string of the molecule is Cc1ccc(S(=O)(=O)NCCc2nnc(-c3ccc(F)cc3)o2)cc1C. The van der Waals surface area contributed by atoms with Gasteiger partial charge in [0, 0.05) is 18.5 Å². The van der Waals surface area contributed by atoms with Crippen molar-refractivity contribution in [1.29, 1.82) is 0 Å². The Morgan fingerprint density at radius 1 is 1.04 bits per heavy atom. The number of benzene rings is 2. The number of aryl methyl sites for hydroxylation is 2. The standard InChI is InChI=1S/C18H18FN3O3S/c1-12-3-8-16(11-13(12)2)26(23,24)20-10-9-17-21-22-18(25-17)14-4-6-15(19)7-5-14/h3-8,11,20H,9-10H2,1-2H3. The Hall–Kier alpha value is -2.58. The lowest BCUT2D eigenvalue weighted by Gasteiger charge is -2.07. The van der Waals surface area contributed by atoms with Crippen LogP contribution in [-0.2, 0) is 16.4 Å². The van der Waals surface area contributed by atoms with Gasteiger partial charge in [-0.1, -0.05) is 6.07 Å². The van der Waals surface area contributed by atoms with Crippen molar-refractivity contribution in [2.75, 3.05) is 6.54 Å².